The van der Waals surface area contributed by atoms with Gasteiger partial charge in [-0.2, -0.15) is 0 Å². The van der Waals surface area contributed by atoms with Gasteiger partial charge in [0.25, 0.3) is 0 Å². The molecule has 0 spiro atoms. The summed E-state index contributed by atoms with van der Waals surface area (Å²) in [5.41, 5.74) is 21.4. The van der Waals surface area contributed by atoms with Gasteiger partial charge in [0.15, 0.2) is 0 Å². The quantitative estimate of drug-likeness (QED) is 0.166. The van der Waals surface area contributed by atoms with Crippen LogP contribution in [-0.4, -0.2) is 0 Å². The van der Waals surface area contributed by atoms with E-state index < -0.39 is 0 Å². The van der Waals surface area contributed by atoms with Crippen LogP contribution in [0.3, 0.4) is 0 Å². The SMILES string of the molecule is CC1(C)c2ccccc2-c2cccc(N(c3ccc4c(c3)oc3cc5c(cc34)oc3cc4c(cc35)oc3cc(N(c5cccc6c5C(C)(C)c5ccccc5-6)c5cccc6ccccc56)ccc34)c3cccc4ccccc34)c21. The Bertz CT molecular complexity index is 4790. The molecule has 2 aliphatic carbocycles. The van der Waals surface area contributed by atoms with E-state index in [1.807, 2.05) is 0 Å². The molecular formula is C74H50N2O3. The molecule has 0 saturated heterocycles. The van der Waals surface area contributed by atoms with Crippen LogP contribution in [0.1, 0.15) is 49.9 Å². The number of fused-ring (bicyclic) bond motifs is 17. The summed E-state index contributed by atoms with van der Waals surface area (Å²) in [5, 5.41) is 10.8. The summed E-state index contributed by atoms with van der Waals surface area (Å²) < 4.78 is 20.7. The molecule has 0 aliphatic heterocycles. The third-order valence-corrected chi connectivity index (χ3v) is 17.8. The van der Waals surface area contributed by atoms with Crippen molar-refractivity contribution >= 4 is 121 Å². The van der Waals surface area contributed by atoms with Gasteiger partial charge in [0.05, 0.1) is 22.7 Å². The summed E-state index contributed by atoms with van der Waals surface area (Å²) in [5.74, 6) is 0. The number of rotatable bonds is 6. The lowest BCUT2D eigenvalue weighted by atomic mass is 9.81. The van der Waals surface area contributed by atoms with Crippen LogP contribution in [0.5, 0.6) is 0 Å². The summed E-state index contributed by atoms with van der Waals surface area (Å²) in [6, 6.07) is 83.8. The van der Waals surface area contributed by atoms with E-state index in [4.69, 9.17) is 13.3 Å². The first-order chi connectivity index (χ1) is 38.7. The van der Waals surface area contributed by atoms with Crippen molar-refractivity contribution in [3.05, 3.63) is 253 Å². The normalized spacial score (nSPS) is 14.0. The van der Waals surface area contributed by atoms with Gasteiger partial charge >= 0.3 is 0 Å². The number of furan rings is 3. The van der Waals surface area contributed by atoms with Crippen molar-refractivity contribution in [2.24, 2.45) is 0 Å². The van der Waals surface area contributed by atoms with Crippen LogP contribution in [0.4, 0.5) is 34.1 Å². The van der Waals surface area contributed by atoms with E-state index in [2.05, 4.69) is 268 Å². The zero-order valence-electron chi connectivity index (χ0n) is 44.1. The number of benzene rings is 12. The van der Waals surface area contributed by atoms with Gasteiger partial charge in [-0.15, -0.1) is 0 Å². The maximum atomic E-state index is 6.95. The third-order valence-electron chi connectivity index (χ3n) is 17.8. The zero-order valence-corrected chi connectivity index (χ0v) is 44.1. The largest absolute Gasteiger partial charge is 0.456 e. The monoisotopic (exact) mass is 1010 g/mol. The highest BCUT2D eigenvalue weighted by atomic mass is 16.3. The first-order valence-corrected chi connectivity index (χ1v) is 27.4. The number of anilines is 6. The molecule has 0 radical (unpaired) electrons. The molecule has 17 rings (SSSR count). The van der Waals surface area contributed by atoms with E-state index >= 15 is 0 Å². The molecule has 2 aliphatic rings. The fourth-order valence-electron chi connectivity index (χ4n) is 14.2. The molecule has 3 aromatic heterocycles. The van der Waals surface area contributed by atoms with Crippen LogP contribution in [0, 0.1) is 0 Å². The molecule has 0 N–H and O–H groups in total. The molecule has 0 amide bonds. The predicted molar refractivity (Wildman–Crippen MR) is 328 cm³/mol. The van der Waals surface area contributed by atoms with Crippen molar-refractivity contribution < 1.29 is 13.3 Å². The molecule has 3 heterocycles. The Labute approximate surface area is 455 Å². The lowest BCUT2D eigenvalue weighted by Gasteiger charge is -2.32. The summed E-state index contributed by atoms with van der Waals surface area (Å²) in [7, 11) is 0. The molecule has 12 aromatic carbocycles. The van der Waals surface area contributed by atoms with Gasteiger partial charge in [-0.3, -0.25) is 0 Å². The van der Waals surface area contributed by atoms with Crippen molar-refractivity contribution in [1.82, 2.24) is 0 Å². The van der Waals surface area contributed by atoms with Gasteiger partial charge in [0.2, 0.25) is 0 Å². The minimum atomic E-state index is -0.226. The molecule has 0 unspecified atom stereocenters. The van der Waals surface area contributed by atoms with E-state index in [0.29, 0.717) is 0 Å². The number of hydrogen-bond donors (Lipinski definition) is 0. The Kier molecular flexibility index (Phi) is 8.90. The summed E-state index contributed by atoms with van der Waals surface area (Å²) >= 11 is 0. The number of hydrogen-bond acceptors (Lipinski definition) is 5. The molecule has 5 nitrogen and oxygen atoms in total. The van der Waals surface area contributed by atoms with E-state index in [9.17, 15) is 0 Å². The topological polar surface area (TPSA) is 45.9 Å². The standard InChI is InChI=1S/C74H50N2O3/c1-73(2)59-27-11-9-23-49(59)53-25-15-31-63(71(53)73)75(61-29-13-19-43-17-5-7-21-47(43)61)45-33-35-51-55-39-69-57(41-67(55)77-65(51)37-45)58-42-68-56(40-70(58)79-69)52-36-34-46(38-66(52)78-68)76(62-30-14-20-44-18-6-8-22-48(44)62)64-32-16-26-54-50-24-10-12-28-60(50)74(3,4)72(54)64/h5-42H,1-4H3. The molecule has 0 atom stereocenters. The van der Waals surface area contributed by atoms with E-state index in [-0.39, 0.29) is 10.8 Å². The van der Waals surface area contributed by atoms with Crippen molar-refractivity contribution in [3.63, 3.8) is 0 Å². The summed E-state index contributed by atoms with van der Waals surface area (Å²) in [6.07, 6.45) is 0. The molecule has 0 saturated carbocycles. The van der Waals surface area contributed by atoms with Crippen LogP contribution in [0.25, 0.3) is 110 Å². The summed E-state index contributed by atoms with van der Waals surface area (Å²) in [6.45, 7) is 9.43. The van der Waals surface area contributed by atoms with Crippen LogP contribution in [-0.2, 0) is 10.8 Å². The Morgan fingerprint density at radius 3 is 1.04 bits per heavy atom. The number of nitrogens with zero attached hydrogens (tertiary/aromatic N) is 2. The average molecular weight is 1020 g/mol. The van der Waals surface area contributed by atoms with Crippen molar-refractivity contribution in [2.45, 2.75) is 38.5 Å². The first kappa shape index (κ1) is 44.3. The fourth-order valence-corrected chi connectivity index (χ4v) is 14.2. The zero-order chi connectivity index (χ0) is 52.5. The lowest BCUT2D eigenvalue weighted by molar-refractivity contribution is 0.660. The molecule has 5 heteroatoms. The highest BCUT2D eigenvalue weighted by molar-refractivity contribution is 6.19. The first-order valence-electron chi connectivity index (χ1n) is 27.4. The predicted octanol–water partition coefficient (Wildman–Crippen LogP) is 21.2. The highest BCUT2D eigenvalue weighted by Gasteiger charge is 2.41. The minimum Gasteiger partial charge on any atom is -0.456 e. The lowest BCUT2D eigenvalue weighted by Crippen LogP contribution is -2.20. The Hall–Kier alpha value is -9.84. The third kappa shape index (κ3) is 6.16. The van der Waals surface area contributed by atoms with E-state index in [1.54, 1.807) is 0 Å². The smallest absolute Gasteiger partial charge is 0.137 e. The van der Waals surface area contributed by atoms with Gasteiger partial charge in [-0.05, 0) is 128 Å². The van der Waals surface area contributed by atoms with Crippen LogP contribution < -0.4 is 9.80 Å². The molecule has 374 valence electrons. The molecule has 15 aromatic rings. The van der Waals surface area contributed by atoms with Gasteiger partial charge in [0, 0.05) is 77.4 Å². The Balaban J connectivity index is 0.799. The van der Waals surface area contributed by atoms with Crippen LogP contribution >= 0.6 is 0 Å². The maximum Gasteiger partial charge on any atom is 0.137 e. The molecular weight excluding hydrogens is 965 g/mol. The van der Waals surface area contributed by atoms with Gasteiger partial charge in [0.1, 0.15) is 33.5 Å². The maximum absolute atomic E-state index is 6.95. The average Bonchev–Trinajstić information content (AvgIpc) is 4.29. The molecule has 0 bridgehead atoms. The van der Waals surface area contributed by atoms with Crippen LogP contribution in [0.15, 0.2) is 244 Å². The van der Waals surface area contributed by atoms with Crippen LogP contribution in [0.2, 0.25) is 0 Å². The van der Waals surface area contributed by atoms with E-state index in [0.717, 1.165) is 99.9 Å². The molecule has 79 heavy (non-hydrogen) atoms. The van der Waals surface area contributed by atoms with Crippen molar-refractivity contribution in [1.29, 1.82) is 0 Å². The Morgan fingerprint density at radius 1 is 0.266 bits per heavy atom. The summed E-state index contributed by atoms with van der Waals surface area (Å²) in [4.78, 5) is 4.88. The van der Waals surface area contributed by atoms with Crippen molar-refractivity contribution in [3.8, 4) is 22.3 Å². The molecule has 0 fully saturated rings. The fraction of sp³-hybridized carbons (Fsp3) is 0.0811. The van der Waals surface area contributed by atoms with Crippen molar-refractivity contribution in [2.75, 3.05) is 9.80 Å². The van der Waals surface area contributed by atoms with Gasteiger partial charge in [-0.1, -0.05) is 173 Å². The minimum absolute atomic E-state index is 0.226. The second-order valence-electron chi connectivity index (χ2n) is 22.8. The van der Waals surface area contributed by atoms with Gasteiger partial charge < -0.3 is 23.1 Å². The van der Waals surface area contributed by atoms with Gasteiger partial charge in [-0.25, -0.2) is 0 Å². The second-order valence-corrected chi connectivity index (χ2v) is 22.8. The second kappa shape index (κ2) is 15.9. The highest BCUT2D eigenvalue weighted by Crippen LogP contribution is 2.57. The van der Waals surface area contributed by atoms with E-state index in [1.165, 1.54) is 66.1 Å². The Morgan fingerprint density at radius 2 is 0.595 bits per heavy atom.